The van der Waals surface area contributed by atoms with Gasteiger partial charge in [0.25, 0.3) is 0 Å². The standard InChI is InChI=1S/C30H43N5O5/c1-28(2,3)38-26(36)31-21-12-16-34(17-13-21)25-32-24(33-40-25)30(14-15-30)19-35(27(37)39-29(4,5)6)23-18-22(23)20-10-8-7-9-11-20/h7-11,21-23H,12-19H2,1-6H3,(H,31,36)/t22-,23+/m0/s1. The Morgan fingerprint density at radius 3 is 2.30 bits per heavy atom. The van der Waals surface area contributed by atoms with Gasteiger partial charge >= 0.3 is 18.2 Å². The Kier molecular flexibility index (Phi) is 7.48. The van der Waals surface area contributed by atoms with Crippen LogP contribution in [0.5, 0.6) is 0 Å². The number of nitrogens with zero attached hydrogens (tertiary/aromatic N) is 4. The summed E-state index contributed by atoms with van der Waals surface area (Å²) in [7, 11) is 0. The second kappa shape index (κ2) is 10.6. The SMILES string of the molecule is CC(C)(C)OC(=O)NC1CCN(c2nc(C3(CN(C(=O)OC(C)(C)C)[C@@H]4C[C@H]4c4ccccc4)CC3)no2)CC1. The third kappa shape index (κ3) is 6.88. The maximum atomic E-state index is 13.4. The Hall–Kier alpha value is -3.30. The van der Waals surface area contributed by atoms with Gasteiger partial charge in [-0.25, -0.2) is 9.59 Å². The number of anilines is 1. The number of aromatic nitrogens is 2. The summed E-state index contributed by atoms with van der Waals surface area (Å²) in [6.07, 6.45) is 3.56. The third-order valence-electron chi connectivity index (χ3n) is 7.72. The highest BCUT2D eigenvalue weighted by Gasteiger charge is 2.55. The molecule has 0 radical (unpaired) electrons. The quantitative estimate of drug-likeness (QED) is 0.486. The van der Waals surface area contributed by atoms with Crippen molar-refractivity contribution in [3.8, 4) is 0 Å². The zero-order valence-electron chi connectivity index (χ0n) is 24.6. The largest absolute Gasteiger partial charge is 0.444 e. The Bertz CT molecular complexity index is 1190. The summed E-state index contributed by atoms with van der Waals surface area (Å²) in [5.74, 6) is 0.961. The first-order valence-electron chi connectivity index (χ1n) is 14.5. The molecule has 2 aliphatic carbocycles. The molecule has 1 aromatic heterocycles. The minimum absolute atomic E-state index is 0.0433. The first-order valence-corrected chi connectivity index (χ1v) is 14.5. The van der Waals surface area contributed by atoms with Crippen LogP contribution in [0.2, 0.25) is 0 Å². The molecule has 3 aliphatic rings. The van der Waals surface area contributed by atoms with Crippen LogP contribution < -0.4 is 10.2 Å². The van der Waals surface area contributed by atoms with Crippen LogP contribution in [0.15, 0.2) is 34.9 Å². The summed E-state index contributed by atoms with van der Waals surface area (Å²) in [5.41, 5.74) is -0.172. The average molecular weight is 554 g/mol. The van der Waals surface area contributed by atoms with E-state index in [0.717, 1.165) is 32.1 Å². The Morgan fingerprint density at radius 2 is 1.70 bits per heavy atom. The Balaban J connectivity index is 1.22. The summed E-state index contributed by atoms with van der Waals surface area (Å²) < 4.78 is 16.9. The van der Waals surface area contributed by atoms with Gasteiger partial charge in [-0.2, -0.15) is 4.98 Å². The van der Waals surface area contributed by atoms with E-state index in [1.54, 1.807) is 0 Å². The van der Waals surface area contributed by atoms with Crippen molar-refractivity contribution in [2.24, 2.45) is 0 Å². The average Bonchev–Trinajstić information content (AvgIpc) is 3.78. The van der Waals surface area contributed by atoms with Crippen LogP contribution in [0.25, 0.3) is 0 Å². The van der Waals surface area contributed by atoms with Gasteiger partial charge in [-0.3, -0.25) is 0 Å². The van der Waals surface area contributed by atoms with Crippen molar-refractivity contribution in [3.05, 3.63) is 41.7 Å². The lowest BCUT2D eigenvalue weighted by molar-refractivity contribution is 0.0208. The number of hydrogen-bond acceptors (Lipinski definition) is 8. The molecule has 40 heavy (non-hydrogen) atoms. The number of rotatable bonds is 7. The van der Waals surface area contributed by atoms with Gasteiger partial charge in [0.15, 0.2) is 5.82 Å². The number of carbonyl (C=O) groups is 2. The van der Waals surface area contributed by atoms with Gasteiger partial charge in [-0.05, 0) is 79.2 Å². The number of amides is 2. The van der Waals surface area contributed by atoms with Crippen LogP contribution in [0.4, 0.5) is 15.6 Å². The molecule has 10 nitrogen and oxygen atoms in total. The van der Waals surface area contributed by atoms with Crippen molar-refractivity contribution in [2.75, 3.05) is 24.5 Å². The smallest absolute Gasteiger partial charge is 0.410 e. The van der Waals surface area contributed by atoms with Crippen LogP contribution in [0.1, 0.15) is 91.0 Å². The lowest BCUT2D eigenvalue weighted by atomic mass is 10.0. The van der Waals surface area contributed by atoms with Gasteiger partial charge in [-0.15, -0.1) is 0 Å². The second-order valence-electron chi connectivity index (χ2n) is 13.5. The predicted octanol–water partition coefficient (Wildman–Crippen LogP) is 5.39. The zero-order chi connectivity index (χ0) is 28.7. The molecule has 1 saturated heterocycles. The lowest BCUT2D eigenvalue weighted by Gasteiger charge is -2.31. The molecule has 5 rings (SSSR count). The number of alkyl carbamates (subject to hydrolysis) is 1. The number of benzene rings is 1. The molecule has 1 N–H and O–H groups in total. The number of hydrogen-bond donors (Lipinski definition) is 1. The van der Waals surface area contributed by atoms with Gasteiger partial charge in [-0.1, -0.05) is 35.5 Å². The number of nitrogens with one attached hydrogen (secondary N) is 1. The van der Waals surface area contributed by atoms with Gasteiger partial charge in [0.1, 0.15) is 11.2 Å². The molecule has 2 heterocycles. The molecule has 1 aromatic carbocycles. The number of carbonyl (C=O) groups excluding carboxylic acids is 2. The van der Waals surface area contributed by atoms with E-state index in [4.69, 9.17) is 19.0 Å². The van der Waals surface area contributed by atoms with E-state index in [2.05, 4.69) is 27.5 Å². The highest BCUT2D eigenvalue weighted by atomic mass is 16.6. The Morgan fingerprint density at radius 1 is 1.05 bits per heavy atom. The van der Waals surface area contributed by atoms with Gasteiger partial charge in [0, 0.05) is 37.6 Å². The zero-order valence-corrected chi connectivity index (χ0v) is 24.6. The van der Waals surface area contributed by atoms with Crippen molar-refractivity contribution >= 4 is 18.2 Å². The van der Waals surface area contributed by atoms with Crippen LogP contribution in [0.3, 0.4) is 0 Å². The summed E-state index contributed by atoms with van der Waals surface area (Å²) >= 11 is 0. The molecule has 3 fully saturated rings. The van der Waals surface area contributed by atoms with E-state index in [1.807, 2.05) is 64.6 Å². The fourth-order valence-corrected chi connectivity index (χ4v) is 5.40. The van der Waals surface area contributed by atoms with E-state index in [1.165, 1.54) is 5.56 Å². The van der Waals surface area contributed by atoms with Crippen LogP contribution in [0, 0.1) is 0 Å². The van der Waals surface area contributed by atoms with Crippen LogP contribution in [-0.2, 0) is 14.9 Å². The van der Waals surface area contributed by atoms with Gasteiger partial charge in [0.2, 0.25) is 0 Å². The molecule has 2 aromatic rings. The van der Waals surface area contributed by atoms with Gasteiger partial charge < -0.3 is 29.1 Å². The molecule has 0 bridgehead atoms. The fraction of sp³-hybridized carbons (Fsp3) is 0.667. The van der Waals surface area contributed by atoms with E-state index in [9.17, 15) is 9.59 Å². The summed E-state index contributed by atoms with van der Waals surface area (Å²) in [6.45, 7) is 13.2. The molecular formula is C30H43N5O5. The highest BCUT2D eigenvalue weighted by molar-refractivity contribution is 5.70. The second-order valence-corrected chi connectivity index (χ2v) is 13.5. The van der Waals surface area contributed by atoms with E-state index < -0.39 is 11.2 Å². The van der Waals surface area contributed by atoms with E-state index >= 15 is 0 Å². The molecule has 10 heteroatoms. The Labute approximate surface area is 236 Å². The predicted molar refractivity (Wildman–Crippen MR) is 150 cm³/mol. The van der Waals surface area contributed by atoms with E-state index in [0.29, 0.717) is 37.4 Å². The van der Waals surface area contributed by atoms with Crippen LogP contribution >= 0.6 is 0 Å². The van der Waals surface area contributed by atoms with Crippen molar-refractivity contribution in [3.63, 3.8) is 0 Å². The number of ether oxygens (including phenoxy) is 2. The number of piperidine rings is 1. The van der Waals surface area contributed by atoms with Crippen LogP contribution in [-0.4, -0.2) is 70.1 Å². The van der Waals surface area contributed by atoms with Crippen molar-refractivity contribution in [1.82, 2.24) is 20.4 Å². The lowest BCUT2D eigenvalue weighted by Crippen LogP contribution is -2.46. The summed E-state index contributed by atoms with van der Waals surface area (Å²) in [5, 5.41) is 7.34. The topological polar surface area (TPSA) is 110 Å². The first-order chi connectivity index (χ1) is 18.8. The first kappa shape index (κ1) is 28.2. The minimum atomic E-state index is -0.576. The molecular weight excluding hydrogens is 510 g/mol. The van der Waals surface area contributed by atoms with Crippen molar-refractivity contribution < 1.29 is 23.6 Å². The van der Waals surface area contributed by atoms with Crippen molar-refractivity contribution in [1.29, 1.82) is 0 Å². The molecule has 0 unspecified atom stereocenters. The summed E-state index contributed by atoms with van der Waals surface area (Å²) in [4.78, 5) is 34.3. The highest BCUT2D eigenvalue weighted by Crippen LogP contribution is 2.52. The molecule has 2 amide bonds. The van der Waals surface area contributed by atoms with E-state index in [-0.39, 0.29) is 29.7 Å². The summed E-state index contributed by atoms with van der Waals surface area (Å²) in [6, 6.07) is 11.0. The fourth-order valence-electron chi connectivity index (χ4n) is 5.40. The minimum Gasteiger partial charge on any atom is -0.444 e. The third-order valence-corrected chi connectivity index (χ3v) is 7.72. The molecule has 0 spiro atoms. The molecule has 1 aliphatic heterocycles. The molecule has 2 saturated carbocycles. The maximum Gasteiger partial charge on any atom is 0.410 e. The van der Waals surface area contributed by atoms with Gasteiger partial charge in [0.05, 0.1) is 5.41 Å². The molecule has 2 atom stereocenters. The van der Waals surface area contributed by atoms with Crippen molar-refractivity contribution in [2.45, 2.75) is 108 Å². The monoisotopic (exact) mass is 553 g/mol. The normalized spacial score (nSPS) is 22.4. The maximum absolute atomic E-state index is 13.4. The molecule has 218 valence electrons.